The highest BCUT2D eigenvalue weighted by Gasteiger charge is 2.59. The van der Waals surface area contributed by atoms with E-state index in [2.05, 4.69) is 11.4 Å². The Morgan fingerprint density at radius 3 is 2.59 bits per heavy atom. The molecule has 7 nitrogen and oxygen atoms in total. The predicted molar refractivity (Wildman–Crippen MR) is 107 cm³/mol. The average molecular weight is 391 g/mol. The maximum Gasteiger partial charge on any atom is 0.352 e. The number of β-lactam (4-membered cyclic amide) rings is 1. The van der Waals surface area contributed by atoms with Crippen LogP contribution in [-0.4, -0.2) is 45.7 Å². The number of amides is 1. The molecular weight excluding hydrogens is 370 g/mol. The summed E-state index contributed by atoms with van der Waals surface area (Å²) in [6.07, 6.45) is -0.823. The summed E-state index contributed by atoms with van der Waals surface area (Å²) in [4.78, 5) is 25.6. The minimum Gasteiger partial charge on any atom is -0.477 e. The number of nitrogens with zero attached hydrogens (tertiary/aromatic N) is 2. The second kappa shape index (κ2) is 6.90. The Hall–Kier alpha value is -3.37. The molecule has 1 amide bonds. The number of hydrogen-bond acceptors (Lipinski definition) is 5. The quantitative estimate of drug-likeness (QED) is 0.674. The van der Waals surface area contributed by atoms with Gasteiger partial charge in [-0.25, -0.2) is 4.79 Å². The topological polar surface area (TPSA) is 114 Å². The average Bonchev–Trinajstić information content (AvgIpc) is 2.94. The van der Waals surface area contributed by atoms with Crippen LogP contribution in [0.15, 0.2) is 47.7 Å². The third-order valence-corrected chi connectivity index (χ3v) is 6.03. The highest BCUT2D eigenvalue weighted by atomic mass is 16.4. The molecule has 0 spiro atoms. The van der Waals surface area contributed by atoms with Gasteiger partial charge in [0.05, 0.1) is 29.7 Å². The smallest absolute Gasteiger partial charge is 0.352 e. The highest BCUT2D eigenvalue weighted by Crippen LogP contribution is 2.47. The molecule has 4 atom stereocenters. The minimum absolute atomic E-state index is 0.00912. The summed E-state index contributed by atoms with van der Waals surface area (Å²) < 4.78 is 0. The number of aliphatic hydroxyl groups excluding tert-OH is 1. The third kappa shape index (κ3) is 2.76. The van der Waals surface area contributed by atoms with Gasteiger partial charge in [-0.2, -0.15) is 5.26 Å². The van der Waals surface area contributed by atoms with E-state index in [0.29, 0.717) is 11.1 Å². The summed E-state index contributed by atoms with van der Waals surface area (Å²) in [6, 6.07) is 12.9. The molecule has 0 saturated carbocycles. The molecule has 0 unspecified atom stereocenters. The number of aliphatic carboxylic acids is 1. The number of hydrogen-bond donors (Lipinski definition) is 3. The first-order valence-electron chi connectivity index (χ1n) is 9.50. The van der Waals surface area contributed by atoms with Crippen LogP contribution in [0, 0.1) is 23.2 Å². The van der Waals surface area contributed by atoms with Gasteiger partial charge in [-0.15, -0.1) is 0 Å². The number of nitriles is 1. The molecule has 2 heterocycles. The largest absolute Gasteiger partial charge is 0.477 e. The molecule has 3 N–H and O–H groups in total. The van der Waals surface area contributed by atoms with Gasteiger partial charge in [0.25, 0.3) is 0 Å². The first kappa shape index (κ1) is 19.0. The van der Waals surface area contributed by atoms with Gasteiger partial charge in [0, 0.05) is 28.9 Å². The molecule has 148 valence electrons. The van der Waals surface area contributed by atoms with Crippen molar-refractivity contribution in [2.24, 2.45) is 11.8 Å². The fraction of sp³-hybridized carbons (Fsp3) is 0.318. The number of benzene rings is 2. The molecule has 0 radical (unpaired) electrons. The maximum absolute atomic E-state index is 12.4. The molecule has 29 heavy (non-hydrogen) atoms. The van der Waals surface area contributed by atoms with Crippen molar-refractivity contribution in [1.82, 2.24) is 4.90 Å². The van der Waals surface area contributed by atoms with E-state index in [1.807, 2.05) is 31.2 Å². The van der Waals surface area contributed by atoms with Crippen LogP contribution in [0.2, 0.25) is 0 Å². The van der Waals surface area contributed by atoms with Crippen LogP contribution in [0.25, 0.3) is 10.8 Å². The van der Waals surface area contributed by atoms with Crippen molar-refractivity contribution in [3.8, 4) is 6.07 Å². The number of carbonyl (C=O) groups is 2. The summed E-state index contributed by atoms with van der Waals surface area (Å²) in [5.41, 5.74) is 2.00. The highest BCUT2D eigenvalue weighted by molar-refractivity contribution is 6.00. The number of rotatable bonds is 5. The van der Waals surface area contributed by atoms with Gasteiger partial charge >= 0.3 is 5.97 Å². The molecule has 1 fully saturated rings. The Labute approximate surface area is 167 Å². The van der Waals surface area contributed by atoms with E-state index in [4.69, 9.17) is 0 Å². The zero-order chi connectivity index (χ0) is 20.9. The Morgan fingerprint density at radius 2 is 1.97 bits per heavy atom. The van der Waals surface area contributed by atoms with Crippen LogP contribution in [0.5, 0.6) is 0 Å². The second-order valence-corrected chi connectivity index (χ2v) is 7.60. The predicted octanol–water partition coefficient (Wildman–Crippen LogP) is 2.32. The first-order valence-corrected chi connectivity index (χ1v) is 9.50. The third-order valence-electron chi connectivity index (χ3n) is 6.03. The Bertz CT molecular complexity index is 1100. The second-order valence-electron chi connectivity index (χ2n) is 7.60. The Kier molecular flexibility index (Phi) is 4.52. The number of carbonyl (C=O) groups excluding carboxylic acids is 1. The van der Waals surface area contributed by atoms with Crippen LogP contribution < -0.4 is 5.32 Å². The summed E-state index contributed by atoms with van der Waals surface area (Å²) in [6.45, 7) is 3.71. The first-order chi connectivity index (χ1) is 13.9. The normalized spacial score (nSPS) is 24.1. The molecule has 4 rings (SSSR count). The van der Waals surface area contributed by atoms with E-state index in [1.165, 1.54) is 4.90 Å². The molecule has 2 aliphatic rings. The lowest BCUT2D eigenvalue weighted by Crippen LogP contribution is -2.63. The minimum atomic E-state index is -1.14. The number of aliphatic hydroxyl groups is 1. The number of carboxylic acid groups (broad SMARTS) is 1. The van der Waals surface area contributed by atoms with Crippen molar-refractivity contribution in [1.29, 1.82) is 5.26 Å². The standard InChI is InChI=1S/C22H21N3O4/c1-11-16(20(22(28)29)25-19(11)18(12(2)26)21(25)27)10-24-17-8-7-13(9-23)14-5-3-4-6-15(14)17/h3-8,11-12,18-19,24,26H,10H2,1-2H3,(H,28,29)/t11-,12+,18+,19+/m0/s1. The van der Waals surface area contributed by atoms with E-state index < -0.39 is 18.0 Å². The number of nitrogens with one attached hydrogen (secondary N) is 1. The molecule has 0 bridgehead atoms. The summed E-state index contributed by atoms with van der Waals surface area (Å²) in [7, 11) is 0. The van der Waals surface area contributed by atoms with Crippen LogP contribution in [0.4, 0.5) is 5.69 Å². The molecule has 1 saturated heterocycles. The van der Waals surface area contributed by atoms with Crippen molar-refractivity contribution >= 4 is 28.3 Å². The molecule has 0 aromatic heterocycles. The fourth-order valence-corrected chi connectivity index (χ4v) is 4.62. The number of fused-ring (bicyclic) bond motifs is 2. The van der Waals surface area contributed by atoms with E-state index in [0.717, 1.165) is 16.5 Å². The SMILES string of the molecule is C[C@@H](O)[C@H]1C(=O)N2C(C(=O)O)=C(CNc3ccc(C#N)c4ccccc34)[C@H](C)[C@H]12. The molecule has 2 aromatic carbocycles. The van der Waals surface area contributed by atoms with Gasteiger partial charge in [-0.3, -0.25) is 4.79 Å². The lowest BCUT2D eigenvalue weighted by Gasteiger charge is -2.46. The fourth-order valence-electron chi connectivity index (χ4n) is 4.62. The van der Waals surface area contributed by atoms with Crippen molar-refractivity contribution in [3.63, 3.8) is 0 Å². The van der Waals surface area contributed by atoms with Gasteiger partial charge in [0.2, 0.25) is 5.91 Å². The van der Waals surface area contributed by atoms with Crippen LogP contribution >= 0.6 is 0 Å². The van der Waals surface area contributed by atoms with E-state index >= 15 is 0 Å². The Morgan fingerprint density at radius 1 is 1.28 bits per heavy atom. The van der Waals surface area contributed by atoms with E-state index in [9.17, 15) is 25.1 Å². The van der Waals surface area contributed by atoms with Crippen molar-refractivity contribution < 1.29 is 19.8 Å². The van der Waals surface area contributed by atoms with E-state index in [1.54, 1.807) is 19.1 Å². The van der Waals surface area contributed by atoms with Gasteiger partial charge in [-0.05, 0) is 24.6 Å². The molecule has 0 aliphatic carbocycles. The van der Waals surface area contributed by atoms with Gasteiger partial charge in [0.1, 0.15) is 5.70 Å². The molecule has 7 heteroatoms. The molecule has 2 aliphatic heterocycles. The monoisotopic (exact) mass is 391 g/mol. The number of anilines is 1. The van der Waals surface area contributed by atoms with Gasteiger partial charge < -0.3 is 20.4 Å². The van der Waals surface area contributed by atoms with Crippen LogP contribution in [0.3, 0.4) is 0 Å². The zero-order valence-corrected chi connectivity index (χ0v) is 16.1. The van der Waals surface area contributed by atoms with Crippen LogP contribution in [-0.2, 0) is 9.59 Å². The zero-order valence-electron chi connectivity index (χ0n) is 16.1. The molecule has 2 aromatic rings. The Balaban J connectivity index is 1.67. The summed E-state index contributed by atoms with van der Waals surface area (Å²) >= 11 is 0. The van der Waals surface area contributed by atoms with Crippen molar-refractivity contribution in [2.45, 2.75) is 26.0 Å². The van der Waals surface area contributed by atoms with Crippen LogP contribution in [0.1, 0.15) is 19.4 Å². The lowest BCUT2D eigenvalue weighted by molar-refractivity contribution is -0.163. The lowest BCUT2D eigenvalue weighted by atomic mass is 9.78. The summed E-state index contributed by atoms with van der Waals surface area (Å²) in [5.74, 6) is -2.24. The van der Waals surface area contributed by atoms with Crippen molar-refractivity contribution in [3.05, 3.63) is 53.2 Å². The van der Waals surface area contributed by atoms with Crippen molar-refractivity contribution in [2.75, 3.05) is 11.9 Å². The van der Waals surface area contributed by atoms with Gasteiger partial charge in [0.15, 0.2) is 0 Å². The molecular formula is C22H21N3O4. The number of carboxylic acids is 1. The summed E-state index contributed by atoms with van der Waals surface area (Å²) in [5, 5.41) is 34.0. The van der Waals surface area contributed by atoms with Gasteiger partial charge in [-0.1, -0.05) is 31.2 Å². The van der Waals surface area contributed by atoms with E-state index in [-0.39, 0.29) is 30.1 Å². The maximum atomic E-state index is 12.4.